The zero-order chi connectivity index (χ0) is 18.3. The molecule has 1 aromatic carbocycles. The van der Waals surface area contributed by atoms with Crippen molar-refractivity contribution in [3.8, 4) is 0 Å². The fraction of sp³-hybridized carbons (Fsp3) is 0.650. The van der Waals surface area contributed by atoms with Crippen LogP contribution in [0.3, 0.4) is 0 Å². The van der Waals surface area contributed by atoms with Crippen LogP contribution in [0.25, 0.3) is 11.0 Å². The highest BCUT2D eigenvalue weighted by atomic mass is 35.5. The average Bonchev–Trinajstić information content (AvgIpc) is 2.97. The molecule has 0 unspecified atom stereocenters. The van der Waals surface area contributed by atoms with Gasteiger partial charge in [0.15, 0.2) is 0 Å². The van der Waals surface area contributed by atoms with Crippen LogP contribution in [0, 0.1) is 12.7 Å². The van der Waals surface area contributed by atoms with Crippen LogP contribution in [0.15, 0.2) is 16.9 Å². The molecule has 1 aliphatic heterocycles. The Morgan fingerprint density at radius 3 is 2.37 bits per heavy atom. The van der Waals surface area contributed by atoms with E-state index >= 15 is 0 Å². The van der Waals surface area contributed by atoms with E-state index in [1.807, 2.05) is 11.7 Å². The summed E-state index contributed by atoms with van der Waals surface area (Å²) >= 11 is 0. The van der Waals surface area contributed by atoms with Crippen LogP contribution in [0.4, 0.5) is 4.39 Å². The molecule has 1 saturated carbocycles. The largest absolute Gasteiger partial charge is 0.381 e. The Labute approximate surface area is 165 Å². The number of rotatable bonds is 3. The van der Waals surface area contributed by atoms with Crippen molar-refractivity contribution in [1.82, 2.24) is 14.5 Å². The summed E-state index contributed by atoms with van der Waals surface area (Å²) in [5.41, 5.74) is 1.88. The summed E-state index contributed by atoms with van der Waals surface area (Å²) in [6, 6.07) is 4.07. The second kappa shape index (κ2) is 8.33. The third-order valence-electron chi connectivity index (χ3n) is 6.35. The number of H-pyrrole nitrogens is 1. The van der Waals surface area contributed by atoms with Crippen molar-refractivity contribution in [2.24, 2.45) is 0 Å². The van der Waals surface area contributed by atoms with E-state index in [1.165, 1.54) is 18.9 Å². The number of benzene rings is 1. The van der Waals surface area contributed by atoms with E-state index in [1.54, 1.807) is 13.0 Å². The number of nitrogens with one attached hydrogen (secondary N) is 1. The molecule has 2 aliphatic rings. The Balaban J connectivity index is 0.00000210. The van der Waals surface area contributed by atoms with Crippen molar-refractivity contribution in [1.29, 1.82) is 0 Å². The number of halogens is 2. The molecule has 0 bridgehead atoms. The molecule has 4 rings (SSSR count). The number of ether oxygens (including phenoxy) is 1. The van der Waals surface area contributed by atoms with E-state index in [0.29, 0.717) is 23.2 Å². The molecule has 27 heavy (non-hydrogen) atoms. The molecule has 1 N–H and O–H groups in total. The van der Waals surface area contributed by atoms with Gasteiger partial charge in [-0.15, -0.1) is 12.4 Å². The molecule has 1 aromatic heterocycles. The van der Waals surface area contributed by atoms with Gasteiger partial charge in [0, 0.05) is 32.3 Å². The van der Waals surface area contributed by atoms with E-state index in [2.05, 4.69) is 9.88 Å². The van der Waals surface area contributed by atoms with Crippen molar-refractivity contribution in [3.05, 3.63) is 34.0 Å². The summed E-state index contributed by atoms with van der Waals surface area (Å²) in [5.74, 6) is -0.271. The lowest BCUT2D eigenvalue weighted by atomic mass is 9.90. The molecule has 0 radical (unpaired) electrons. The zero-order valence-electron chi connectivity index (χ0n) is 16.0. The maximum Gasteiger partial charge on any atom is 0.326 e. The smallest absolute Gasteiger partial charge is 0.326 e. The summed E-state index contributed by atoms with van der Waals surface area (Å²) in [5, 5.41) is 0. The minimum Gasteiger partial charge on any atom is -0.381 e. The normalized spacial score (nSPS) is 24.9. The molecule has 5 nitrogen and oxygen atoms in total. The van der Waals surface area contributed by atoms with Gasteiger partial charge in [-0.05, 0) is 63.1 Å². The molecule has 0 spiro atoms. The highest BCUT2D eigenvalue weighted by Gasteiger charge is 2.30. The number of piperidine rings is 1. The number of imidazole rings is 1. The third kappa shape index (κ3) is 3.93. The molecule has 0 atom stereocenters. The molecular weight excluding hydrogens is 369 g/mol. The zero-order valence-corrected chi connectivity index (χ0v) is 16.9. The molecule has 0 amide bonds. The van der Waals surface area contributed by atoms with Gasteiger partial charge in [0.25, 0.3) is 0 Å². The summed E-state index contributed by atoms with van der Waals surface area (Å²) in [6.07, 6.45) is 7.06. The van der Waals surface area contributed by atoms with Gasteiger partial charge in [0.2, 0.25) is 0 Å². The van der Waals surface area contributed by atoms with Crippen molar-refractivity contribution in [2.45, 2.75) is 63.6 Å². The Morgan fingerprint density at radius 1 is 1.07 bits per heavy atom. The predicted molar refractivity (Wildman–Crippen MR) is 107 cm³/mol. The molecule has 7 heteroatoms. The third-order valence-corrected chi connectivity index (χ3v) is 6.35. The SMILES string of the molecule is COC1CCC(N2CCC(n3c(=O)[nH]c4cc(F)c(C)cc43)CC2)CC1.Cl. The van der Waals surface area contributed by atoms with Crippen LogP contribution >= 0.6 is 12.4 Å². The molecular formula is C20H29ClFN3O2. The van der Waals surface area contributed by atoms with Crippen LogP contribution < -0.4 is 5.69 Å². The molecule has 1 saturated heterocycles. The summed E-state index contributed by atoms with van der Waals surface area (Å²) in [4.78, 5) is 17.9. The van der Waals surface area contributed by atoms with Crippen molar-refractivity contribution in [3.63, 3.8) is 0 Å². The topological polar surface area (TPSA) is 50.3 Å². The van der Waals surface area contributed by atoms with Crippen LogP contribution in [0.2, 0.25) is 0 Å². The Bertz CT molecular complexity index is 834. The molecule has 150 valence electrons. The first kappa shape index (κ1) is 20.4. The number of hydrogen-bond donors (Lipinski definition) is 1. The Morgan fingerprint density at radius 2 is 1.74 bits per heavy atom. The fourth-order valence-electron chi connectivity index (χ4n) is 4.77. The van der Waals surface area contributed by atoms with Gasteiger partial charge in [-0.25, -0.2) is 9.18 Å². The standard InChI is InChI=1S/C20H28FN3O2.ClH/c1-13-11-19-18(12-17(13)21)22-20(25)24(19)15-7-9-23(10-8-15)14-3-5-16(26-2)6-4-14;/h11-12,14-16H,3-10H2,1-2H3,(H,22,25);1H. The van der Waals surface area contributed by atoms with E-state index in [-0.39, 0.29) is 30.0 Å². The van der Waals surface area contributed by atoms with Gasteiger partial charge in [0.1, 0.15) is 5.82 Å². The molecule has 1 aliphatic carbocycles. The van der Waals surface area contributed by atoms with Crippen molar-refractivity contribution in [2.75, 3.05) is 20.2 Å². The van der Waals surface area contributed by atoms with E-state index in [0.717, 1.165) is 44.3 Å². The number of nitrogens with zero attached hydrogens (tertiary/aromatic N) is 2. The minimum atomic E-state index is -0.271. The van der Waals surface area contributed by atoms with Crippen LogP contribution in [0.5, 0.6) is 0 Å². The van der Waals surface area contributed by atoms with Gasteiger partial charge in [-0.2, -0.15) is 0 Å². The number of aromatic amines is 1. The number of methoxy groups -OCH3 is 1. The maximum atomic E-state index is 13.8. The summed E-state index contributed by atoms with van der Waals surface area (Å²) in [6.45, 7) is 3.79. The lowest BCUT2D eigenvalue weighted by Gasteiger charge is -2.40. The second-order valence-corrected chi connectivity index (χ2v) is 7.85. The number of hydrogen-bond acceptors (Lipinski definition) is 3. The monoisotopic (exact) mass is 397 g/mol. The fourth-order valence-corrected chi connectivity index (χ4v) is 4.77. The minimum absolute atomic E-state index is 0. The first-order chi connectivity index (χ1) is 12.6. The Kier molecular flexibility index (Phi) is 6.28. The van der Waals surface area contributed by atoms with Crippen molar-refractivity contribution >= 4 is 23.4 Å². The van der Waals surface area contributed by atoms with E-state index in [9.17, 15) is 9.18 Å². The van der Waals surface area contributed by atoms with Gasteiger partial charge in [-0.1, -0.05) is 0 Å². The number of aryl methyl sites for hydroxylation is 1. The lowest BCUT2D eigenvalue weighted by molar-refractivity contribution is 0.0296. The molecule has 2 heterocycles. The molecule has 2 aromatic rings. The summed E-state index contributed by atoms with van der Waals surface area (Å²) in [7, 11) is 1.81. The van der Waals surface area contributed by atoms with E-state index < -0.39 is 0 Å². The number of aromatic nitrogens is 2. The van der Waals surface area contributed by atoms with Gasteiger partial charge >= 0.3 is 5.69 Å². The van der Waals surface area contributed by atoms with E-state index in [4.69, 9.17) is 4.74 Å². The lowest BCUT2D eigenvalue weighted by Crippen LogP contribution is -2.45. The maximum absolute atomic E-state index is 13.8. The van der Waals surface area contributed by atoms with Crippen LogP contribution in [0.1, 0.15) is 50.1 Å². The average molecular weight is 398 g/mol. The predicted octanol–water partition coefficient (Wildman–Crippen LogP) is 3.79. The Hall–Kier alpha value is -1.37. The van der Waals surface area contributed by atoms with Crippen molar-refractivity contribution < 1.29 is 9.13 Å². The van der Waals surface area contributed by atoms with Gasteiger partial charge < -0.3 is 14.6 Å². The first-order valence-electron chi connectivity index (χ1n) is 9.74. The quantitative estimate of drug-likeness (QED) is 0.857. The van der Waals surface area contributed by atoms with Gasteiger partial charge in [-0.3, -0.25) is 4.57 Å². The first-order valence-corrected chi connectivity index (χ1v) is 9.74. The number of likely N-dealkylation sites (tertiary alicyclic amines) is 1. The van der Waals surface area contributed by atoms with Crippen LogP contribution in [-0.2, 0) is 4.74 Å². The number of fused-ring (bicyclic) bond motifs is 1. The van der Waals surface area contributed by atoms with Crippen LogP contribution in [-0.4, -0.2) is 46.8 Å². The summed E-state index contributed by atoms with van der Waals surface area (Å²) < 4.78 is 21.1. The highest BCUT2D eigenvalue weighted by molar-refractivity contribution is 5.85. The molecule has 2 fully saturated rings. The highest BCUT2D eigenvalue weighted by Crippen LogP contribution is 2.31. The second-order valence-electron chi connectivity index (χ2n) is 7.85. The van der Waals surface area contributed by atoms with Gasteiger partial charge in [0.05, 0.1) is 17.1 Å².